The zero-order chi connectivity index (χ0) is 19.7. The van der Waals surface area contributed by atoms with Gasteiger partial charge in [-0.1, -0.05) is 91.4 Å². The van der Waals surface area contributed by atoms with Gasteiger partial charge in [0.05, 0.1) is 6.61 Å². The van der Waals surface area contributed by atoms with Crippen LogP contribution in [0.3, 0.4) is 0 Å². The van der Waals surface area contributed by atoms with Crippen LogP contribution in [0.2, 0.25) is 0 Å². The van der Waals surface area contributed by atoms with Gasteiger partial charge in [-0.15, -0.1) is 0 Å². The van der Waals surface area contributed by atoms with Crippen LogP contribution in [0.5, 0.6) is 0 Å². The molecule has 0 aliphatic heterocycles. The second kappa shape index (κ2) is 16.4. The maximum atomic E-state index is 11.7. The van der Waals surface area contributed by atoms with E-state index in [2.05, 4.69) is 31.0 Å². The highest BCUT2D eigenvalue weighted by Crippen LogP contribution is 2.16. The summed E-state index contributed by atoms with van der Waals surface area (Å²) in [7, 11) is 4.07. The van der Waals surface area contributed by atoms with Gasteiger partial charge in [0.1, 0.15) is 0 Å². The van der Waals surface area contributed by atoms with E-state index in [1.807, 2.05) is 14.1 Å². The number of unbranched alkanes of at least 4 members (excludes halogenated alkanes) is 11. The lowest BCUT2D eigenvalue weighted by atomic mass is 9.94. The lowest BCUT2D eigenvalue weighted by molar-refractivity contribution is 0.0838. The fourth-order valence-electron chi connectivity index (χ4n) is 3.37. The third kappa shape index (κ3) is 18.0. The number of hydrogen-bond donors (Lipinski definition) is 1. The average molecular weight is 371 g/mol. The average Bonchev–Trinajstić information content (AvgIpc) is 2.56. The molecule has 0 aromatic rings. The SMILES string of the molecule is CCCCCCCCCCCCCCNC(=O)OCC(C)(C)CN(C)C. The number of nitrogens with one attached hydrogen (secondary N) is 1. The smallest absolute Gasteiger partial charge is 0.407 e. The molecule has 0 fully saturated rings. The molecule has 0 heterocycles. The highest BCUT2D eigenvalue weighted by molar-refractivity contribution is 5.67. The van der Waals surface area contributed by atoms with Crippen LogP contribution < -0.4 is 5.32 Å². The molecule has 0 aliphatic carbocycles. The molecule has 0 bridgehead atoms. The molecule has 26 heavy (non-hydrogen) atoms. The van der Waals surface area contributed by atoms with Crippen LogP contribution in [0.1, 0.15) is 97.8 Å². The van der Waals surface area contributed by atoms with Gasteiger partial charge in [-0.3, -0.25) is 0 Å². The molecule has 0 saturated carbocycles. The van der Waals surface area contributed by atoms with E-state index < -0.39 is 0 Å². The van der Waals surface area contributed by atoms with Crippen molar-refractivity contribution in [3.05, 3.63) is 0 Å². The molecule has 1 N–H and O–H groups in total. The van der Waals surface area contributed by atoms with Gasteiger partial charge in [-0.2, -0.15) is 0 Å². The minimum atomic E-state index is -0.278. The van der Waals surface area contributed by atoms with Gasteiger partial charge < -0.3 is 15.0 Å². The van der Waals surface area contributed by atoms with Crippen molar-refractivity contribution in [2.75, 3.05) is 33.8 Å². The topological polar surface area (TPSA) is 41.6 Å². The number of rotatable bonds is 17. The first-order valence-corrected chi connectivity index (χ1v) is 10.9. The molecule has 0 saturated heterocycles. The van der Waals surface area contributed by atoms with Crippen LogP contribution >= 0.6 is 0 Å². The van der Waals surface area contributed by atoms with Gasteiger partial charge >= 0.3 is 6.09 Å². The first-order valence-electron chi connectivity index (χ1n) is 10.9. The molecule has 0 aromatic heterocycles. The maximum absolute atomic E-state index is 11.7. The Labute approximate surface area is 163 Å². The van der Waals surface area contributed by atoms with Gasteiger partial charge in [0.2, 0.25) is 0 Å². The molecular formula is C22H46N2O2. The van der Waals surface area contributed by atoms with Crippen molar-refractivity contribution in [2.24, 2.45) is 5.41 Å². The molecule has 0 radical (unpaired) electrons. The Hall–Kier alpha value is -0.770. The second-order valence-electron chi connectivity index (χ2n) is 8.79. The van der Waals surface area contributed by atoms with E-state index in [0.29, 0.717) is 6.61 Å². The van der Waals surface area contributed by atoms with E-state index in [9.17, 15) is 4.79 Å². The molecule has 0 rings (SSSR count). The van der Waals surface area contributed by atoms with Crippen molar-refractivity contribution in [2.45, 2.75) is 97.8 Å². The van der Waals surface area contributed by atoms with Crippen LogP contribution in [-0.4, -0.2) is 44.8 Å². The summed E-state index contributed by atoms with van der Waals surface area (Å²) in [5.74, 6) is 0. The number of carbonyl (C=O) groups excluding carboxylic acids is 1. The minimum Gasteiger partial charge on any atom is -0.449 e. The zero-order valence-electron chi connectivity index (χ0n) is 18.4. The van der Waals surface area contributed by atoms with Crippen LogP contribution in [0.4, 0.5) is 4.79 Å². The Morgan fingerprint density at radius 2 is 1.31 bits per heavy atom. The molecule has 0 atom stereocenters. The summed E-state index contributed by atoms with van der Waals surface area (Å²) in [6.07, 6.45) is 15.7. The number of amides is 1. The molecule has 0 unspecified atom stereocenters. The summed E-state index contributed by atoms with van der Waals surface area (Å²) in [6, 6.07) is 0. The summed E-state index contributed by atoms with van der Waals surface area (Å²) in [5, 5.41) is 2.87. The van der Waals surface area contributed by atoms with E-state index in [-0.39, 0.29) is 11.5 Å². The number of carbonyl (C=O) groups is 1. The molecular weight excluding hydrogens is 324 g/mol. The largest absolute Gasteiger partial charge is 0.449 e. The van der Waals surface area contributed by atoms with Crippen molar-refractivity contribution in [3.8, 4) is 0 Å². The summed E-state index contributed by atoms with van der Waals surface area (Å²) in [5.41, 5.74) is -0.0170. The minimum absolute atomic E-state index is 0.0170. The molecule has 0 spiro atoms. The Morgan fingerprint density at radius 1 is 0.846 bits per heavy atom. The van der Waals surface area contributed by atoms with E-state index in [0.717, 1.165) is 19.5 Å². The molecule has 0 aliphatic rings. The molecule has 4 nitrogen and oxygen atoms in total. The lowest BCUT2D eigenvalue weighted by Gasteiger charge is -2.27. The highest BCUT2D eigenvalue weighted by atomic mass is 16.5. The number of ether oxygens (including phenoxy) is 1. The predicted molar refractivity (Wildman–Crippen MR) is 113 cm³/mol. The van der Waals surface area contributed by atoms with Crippen molar-refractivity contribution < 1.29 is 9.53 Å². The van der Waals surface area contributed by atoms with E-state index in [1.165, 1.54) is 70.6 Å². The Bertz CT molecular complexity index is 330. The third-order valence-corrected chi connectivity index (χ3v) is 4.64. The molecule has 156 valence electrons. The third-order valence-electron chi connectivity index (χ3n) is 4.64. The van der Waals surface area contributed by atoms with Gasteiger partial charge in [0.15, 0.2) is 0 Å². The van der Waals surface area contributed by atoms with Crippen LogP contribution in [-0.2, 0) is 4.74 Å². The van der Waals surface area contributed by atoms with Crippen molar-refractivity contribution in [3.63, 3.8) is 0 Å². The summed E-state index contributed by atoms with van der Waals surface area (Å²) < 4.78 is 5.34. The van der Waals surface area contributed by atoms with Gasteiger partial charge in [0, 0.05) is 18.5 Å². The van der Waals surface area contributed by atoms with Crippen LogP contribution in [0.25, 0.3) is 0 Å². The van der Waals surface area contributed by atoms with Crippen LogP contribution in [0, 0.1) is 5.41 Å². The molecule has 4 heteroatoms. The van der Waals surface area contributed by atoms with Crippen molar-refractivity contribution >= 4 is 6.09 Å². The second-order valence-corrected chi connectivity index (χ2v) is 8.79. The Kier molecular flexibility index (Phi) is 15.9. The fourth-order valence-corrected chi connectivity index (χ4v) is 3.37. The number of hydrogen-bond acceptors (Lipinski definition) is 3. The molecule has 1 amide bonds. The summed E-state index contributed by atoms with van der Waals surface area (Å²) >= 11 is 0. The van der Waals surface area contributed by atoms with Gasteiger partial charge in [-0.05, 0) is 20.5 Å². The van der Waals surface area contributed by atoms with E-state index >= 15 is 0 Å². The highest BCUT2D eigenvalue weighted by Gasteiger charge is 2.21. The van der Waals surface area contributed by atoms with E-state index in [1.54, 1.807) is 0 Å². The Morgan fingerprint density at radius 3 is 1.77 bits per heavy atom. The fraction of sp³-hybridized carbons (Fsp3) is 0.955. The number of nitrogens with zero attached hydrogens (tertiary/aromatic N) is 1. The van der Waals surface area contributed by atoms with Crippen LogP contribution in [0.15, 0.2) is 0 Å². The lowest BCUT2D eigenvalue weighted by Crippen LogP contribution is -2.35. The van der Waals surface area contributed by atoms with Gasteiger partial charge in [-0.25, -0.2) is 4.79 Å². The van der Waals surface area contributed by atoms with Crippen molar-refractivity contribution in [1.29, 1.82) is 0 Å². The standard InChI is InChI=1S/C22H46N2O2/c1-6-7-8-9-10-11-12-13-14-15-16-17-18-23-21(25)26-20-22(2,3)19-24(4)5/h6-20H2,1-5H3,(H,23,25). The summed E-state index contributed by atoms with van der Waals surface area (Å²) in [6.45, 7) is 8.58. The number of alkyl carbamates (subject to hydrolysis) is 1. The van der Waals surface area contributed by atoms with Gasteiger partial charge in [0.25, 0.3) is 0 Å². The maximum Gasteiger partial charge on any atom is 0.407 e. The zero-order valence-corrected chi connectivity index (χ0v) is 18.4. The van der Waals surface area contributed by atoms with Crippen molar-refractivity contribution in [1.82, 2.24) is 10.2 Å². The Balaban J connectivity index is 3.35. The van der Waals surface area contributed by atoms with E-state index in [4.69, 9.17) is 4.74 Å². The molecule has 0 aromatic carbocycles. The monoisotopic (exact) mass is 370 g/mol. The quantitative estimate of drug-likeness (QED) is 0.319. The first-order chi connectivity index (χ1) is 12.4. The summed E-state index contributed by atoms with van der Waals surface area (Å²) in [4.78, 5) is 13.8. The predicted octanol–water partition coefficient (Wildman–Crippen LogP) is 6.00. The normalized spacial score (nSPS) is 11.8. The first kappa shape index (κ1) is 25.2.